The highest BCUT2D eigenvalue weighted by Gasteiger charge is 2.30. The summed E-state index contributed by atoms with van der Waals surface area (Å²) in [6, 6.07) is 2.60. The molecule has 0 saturated heterocycles. The van der Waals surface area contributed by atoms with Gasteiger partial charge in [0.2, 0.25) is 0 Å². The molecule has 1 heterocycles. The quantitative estimate of drug-likeness (QED) is 0.368. The molecule has 5 nitrogen and oxygen atoms in total. The standard InChI is InChI=1S/C13H20N4O/c1-4-17(10-5-6-10)11-7-8(2)15-9(3)12(11)13(14)16-18/h7,10,18H,4-6H2,1-3H3,(H2,14,16). The number of amidine groups is 1. The lowest BCUT2D eigenvalue weighted by atomic mass is 10.1. The molecule has 1 saturated carbocycles. The highest BCUT2D eigenvalue weighted by atomic mass is 16.4. The maximum absolute atomic E-state index is 8.93. The van der Waals surface area contributed by atoms with Gasteiger partial charge in [-0.15, -0.1) is 0 Å². The summed E-state index contributed by atoms with van der Waals surface area (Å²) in [6.45, 7) is 6.90. The fraction of sp³-hybridized carbons (Fsp3) is 0.538. The summed E-state index contributed by atoms with van der Waals surface area (Å²) in [4.78, 5) is 6.72. The molecule has 0 aliphatic heterocycles. The van der Waals surface area contributed by atoms with E-state index in [0.717, 1.165) is 29.2 Å². The van der Waals surface area contributed by atoms with Crippen molar-refractivity contribution in [3.63, 3.8) is 0 Å². The van der Waals surface area contributed by atoms with E-state index in [1.165, 1.54) is 12.8 Å². The average Bonchev–Trinajstić information content (AvgIpc) is 3.13. The van der Waals surface area contributed by atoms with Crippen molar-refractivity contribution in [1.82, 2.24) is 4.98 Å². The highest BCUT2D eigenvalue weighted by molar-refractivity contribution is 6.03. The zero-order valence-electron chi connectivity index (χ0n) is 11.1. The minimum atomic E-state index is 0.133. The Morgan fingerprint density at radius 1 is 1.56 bits per heavy atom. The molecule has 1 fully saturated rings. The number of rotatable bonds is 4. The van der Waals surface area contributed by atoms with E-state index in [-0.39, 0.29) is 5.84 Å². The van der Waals surface area contributed by atoms with Crippen LogP contribution in [-0.4, -0.2) is 28.6 Å². The molecule has 2 rings (SSSR count). The van der Waals surface area contributed by atoms with Gasteiger partial charge in [0.15, 0.2) is 5.84 Å². The summed E-state index contributed by atoms with van der Waals surface area (Å²) in [5.74, 6) is 0.133. The summed E-state index contributed by atoms with van der Waals surface area (Å²) in [7, 11) is 0. The molecule has 1 aliphatic rings. The Hall–Kier alpha value is -1.78. The highest BCUT2D eigenvalue weighted by Crippen LogP contribution is 2.34. The second-order valence-electron chi connectivity index (χ2n) is 4.75. The fourth-order valence-electron chi connectivity index (χ4n) is 2.41. The van der Waals surface area contributed by atoms with E-state index >= 15 is 0 Å². The summed E-state index contributed by atoms with van der Waals surface area (Å²) < 4.78 is 0. The molecule has 5 heteroatoms. The van der Waals surface area contributed by atoms with Crippen molar-refractivity contribution in [3.05, 3.63) is 23.0 Å². The Labute approximate surface area is 107 Å². The van der Waals surface area contributed by atoms with Crippen LogP contribution in [0.2, 0.25) is 0 Å². The fourth-order valence-corrected chi connectivity index (χ4v) is 2.41. The van der Waals surface area contributed by atoms with Gasteiger partial charge < -0.3 is 15.8 Å². The molecule has 18 heavy (non-hydrogen) atoms. The maximum Gasteiger partial charge on any atom is 0.174 e. The first-order chi connectivity index (χ1) is 8.58. The topological polar surface area (TPSA) is 74.7 Å². The molecular formula is C13H20N4O. The first-order valence-corrected chi connectivity index (χ1v) is 6.31. The van der Waals surface area contributed by atoms with Crippen LogP contribution in [0.5, 0.6) is 0 Å². The van der Waals surface area contributed by atoms with E-state index in [4.69, 9.17) is 10.9 Å². The predicted molar refractivity (Wildman–Crippen MR) is 72.3 cm³/mol. The first-order valence-electron chi connectivity index (χ1n) is 6.31. The minimum Gasteiger partial charge on any atom is -0.409 e. The van der Waals surface area contributed by atoms with E-state index in [2.05, 4.69) is 22.0 Å². The van der Waals surface area contributed by atoms with Crippen LogP contribution in [0.15, 0.2) is 11.2 Å². The lowest BCUT2D eigenvalue weighted by Crippen LogP contribution is -2.29. The Balaban J connectivity index is 2.55. The van der Waals surface area contributed by atoms with Gasteiger partial charge in [0, 0.05) is 18.3 Å². The third kappa shape index (κ3) is 2.25. The van der Waals surface area contributed by atoms with Gasteiger partial charge in [-0.25, -0.2) is 0 Å². The summed E-state index contributed by atoms with van der Waals surface area (Å²) in [6.07, 6.45) is 2.42. The Morgan fingerprint density at radius 2 is 2.22 bits per heavy atom. The van der Waals surface area contributed by atoms with Crippen molar-refractivity contribution in [1.29, 1.82) is 0 Å². The lowest BCUT2D eigenvalue weighted by Gasteiger charge is -2.26. The molecular weight excluding hydrogens is 228 g/mol. The number of nitrogens with zero attached hydrogens (tertiary/aromatic N) is 3. The molecule has 98 valence electrons. The summed E-state index contributed by atoms with van der Waals surface area (Å²) in [5.41, 5.74) is 9.33. The number of nitrogens with two attached hydrogens (primary N) is 1. The second-order valence-corrected chi connectivity index (χ2v) is 4.75. The average molecular weight is 248 g/mol. The SMILES string of the molecule is CCN(c1cc(C)nc(C)c1/C(N)=N/O)C1CC1. The van der Waals surface area contributed by atoms with E-state index in [1.54, 1.807) is 0 Å². The van der Waals surface area contributed by atoms with Crippen LogP contribution in [0.1, 0.15) is 36.7 Å². The molecule has 0 bridgehead atoms. The molecule has 3 N–H and O–H groups in total. The maximum atomic E-state index is 8.93. The van der Waals surface area contributed by atoms with E-state index in [1.807, 2.05) is 19.9 Å². The van der Waals surface area contributed by atoms with Crippen LogP contribution in [0.4, 0.5) is 5.69 Å². The number of aromatic nitrogens is 1. The molecule has 0 radical (unpaired) electrons. The van der Waals surface area contributed by atoms with E-state index in [0.29, 0.717) is 6.04 Å². The zero-order valence-corrected chi connectivity index (χ0v) is 11.1. The summed E-state index contributed by atoms with van der Waals surface area (Å²) in [5, 5.41) is 12.1. The molecule has 1 aromatic heterocycles. The largest absolute Gasteiger partial charge is 0.409 e. The number of aryl methyl sites for hydroxylation is 2. The number of hydrogen-bond acceptors (Lipinski definition) is 4. The van der Waals surface area contributed by atoms with Crippen LogP contribution < -0.4 is 10.6 Å². The van der Waals surface area contributed by atoms with Crippen molar-refractivity contribution < 1.29 is 5.21 Å². The van der Waals surface area contributed by atoms with Crippen LogP contribution in [0.3, 0.4) is 0 Å². The predicted octanol–water partition coefficient (Wildman–Crippen LogP) is 1.78. The van der Waals surface area contributed by atoms with Crippen molar-refractivity contribution in [2.45, 2.75) is 39.7 Å². The van der Waals surface area contributed by atoms with Gasteiger partial charge in [-0.05, 0) is 39.7 Å². The summed E-state index contributed by atoms with van der Waals surface area (Å²) >= 11 is 0. The van der Waals surface area contributed by atoms with Gasteiger partial charge in [-0.1, -0.05) is 5.16 Å². The Kier molecular flexibility index (Phi) is 3.41. The Bertz CT molecular complexity index is 480. The van der Waals surface area contributed by atoms with Crippen molar-refractivity contribution in [2.24, 2.45) is 10.9 Å². The number of hydrogen-bond donors (Lipinski definition) is 2. The molecule has 0 amide bonds. The van der Waals surface area contributed by atoms with Gasteiger partial charge in [0.25, 0.3) is 0 Å². The molecule has 0 aromatic carbocycles. The lowest BCUT2D eigenvalue weighted by molar-refractivity contribution is 0.318. The Morgan fingerprint density at radius 3 is 2.72 bits per heavy atom. The number of anilines is 1. The molecule has 1 aromatic rings. The van der Waals surface area contributed by atoms with Crippen molar-refractivity contribution in [2.75, 3.05) is 11.4 Å². The van der Waals surface area contributed by atoms with Gasteiger partial charge in [0.1, 0.15) is 0 Å². The van der Waals surface area contributed by atoms with Crippen LogP contribution in [-0.2, 0) is 0 Å². The third-order valence-electron chi connectivity index (χ3n) is 3.31. The first kappa shape index (κ1) is 12.7. The van der Waals surface area contributed by atoms with Gasteiger partial charge >= 0.3 is 0 Å². The van der Waals surface area contributed by atoms with E-state index < -0.39 is 0 Å². The monoisotopic (exact) mass is 248 g/mol. The normalized spacial score (nSPS) is 15.8. The van der Waals surface area contributed by atoms with Gasteiger partial charge in [-0.3, -0.25) is 4.98 Å². The smallest absolute Gasteiger partial charge is 0.174 e. The number of oxime groups is 1. The third-order valence-corrected chi connectivity index (χ3v) is 3.31. The van der Waals surface area contributed by atoms with Crippen LogP contribution in [0, 0.1) is 13.8 Å². The van der Waals surface area contributed by atoms with Gasteiger partial charge in [-0.2, -0.15) is 0 Å². The minimum absolute atomic E-state index is 0.133. The molecule has 0 unspecified atom stereocenters. The van der Waals surface area contributed by atoms with Crippen LogP contribution in [0.25, 0.3) is 0 Å². The van der Waals surface area contributed by atoms with Crippen molar-refractivity contribution in [3.8, 4) is 0 Å². The molecule has 1 aliphatic carbocycles. The molecule has 0 atom stereocenters. The van der Waals surface area contributed by atoms with Crippen LogP contribution >= 0.6 is 0 Å². The zero-order chi connectivity index (χ0) is 13.3. The van der Waals surface area contributed by atoms with E-state index in [9.17, 15) is 0 Å². The van der Waals surface area contributed by atoms with Gasteiger partial charge in [0.05, 0.1) is 16.9 Å². The molecule has 0 spiro atoms. The number of pyridine rings is 1. The van der Waals surface area contributed by atoms with Crippen molar-refractivity contribution >= 4 is 11.5 Å². The second kappa shape index (κ2) is 4.84.